The van der Waals surface area contributed by atoms with Crippen molar-refractivity contribution in [2.45, 2.75) is 32.1 Å². The molecular weight excluding hydrogens is 350 g/mol. The molecule has 0 spiro atoms. The lowest BCUT2D eigenvalue weighted by Crippen LogP contribution is -2.12. The van der Waals surface area contributed by atoms with E-state index in [-0.39, 0.29) is 5.91 Å². The molecule has 1 heterocycles. The monoisotopic (exact) mass is 367 g/mol. The Balaban J connectivity index is 1.34. The zero-order valence-corrected chi connectivity index (χ0v) is 14.9. The van der Waals surface area contributed by atoms with Crippen LogP contribution in [0.25, 0.3) is 11.4 Å². The van der Waals surface area contributed by atoms with Crippen molar-refractivity contribution in [3.63, 3.8) is 0 Å². The molecule has 1 N–H and O–H groups in total. The van der Waals surface area contributed by atoms with Crippen LogP contribution in [-0.4, -0.2) is 16.0 Å². The van der Waals surface area contributed by atoms with Crippen molar-refractivity contribution in [3.05, 3.63) is 64.5 Å². The van der Waals surface area contributed by atoms with Crippen LogP contribution < -0.4 is 5.32 Å². The van der Waals surface area contributed by atoms with Crippen LogP contribution in [0.3, 0.4) is 0 Å². The average molecular weight is 368 g/mol. The SMILES string of the molecule is O=C(CCc1nc(-c2ccc(Cl)cc2)no1)Nc1ccc2c(c1)CCC2. The number of carbonyl (C=O) groups excluding carboxylic acids is 1. The van der Waals surface area contributed by atoms with Gasteiger partial charge in [0.05, 0.1) is 0 Å². The number of aryl methyl sites for hydroxylation is 3. The number of carbonyl (C=O) groups is 1. The number of hydrogen-bond acceptors (Lipinski definition) is 4. The highest BCUT2D eigenvalue weighted by Crippen LogP contribution is 2.25. The van der Waals surface area contributed by atoms with E-state index in [0.717, 1.165) is 24.1 Å². The molecule has 2 aromatic carbocycles. The first-order valence-electron chi connectivity index (χ1n) is 8.67. The quantitative estimate of drug-likeness (QED) is 0.723. The van der Waals surface area contributed by atoms with Gasteiger partial charge < -0.3 is 9.84 Å². The maximum absolute atomic E-state index is 12.2. The summed E-state index contributed by atoms with van der Waals surface area (Å²) in [6.45, 7) is 0. The fourth-order valence-corrected chi connectivity index (χ4v) is 3.29. The van der Waals surface area contributed by atoms with E-state index in [2.05, 4.69) is 27.6 Å². The van der Waals surface area contributed by atoms with Crippen LogP contribution in [0.5, 0.6) is 0 Å². The Morgan fingerprint density at radius 3 is 2.77 bits per heavy atom. The second-order valence-corrected chi connectivity index (χ2v) is 6.84. The summed E-state index contributed by atoms with van der Waals surface area (Å²) in [5.41, 5.74) is 4.41. The first-order chi connectivity index (χ1) is 12.7. The van der Waals surface area contributed by atoms with Crippen molar-refractivity contribution in [1.29, 1.82) is 0 Å². The van der Waals surface area contributed by atoms with Crippen LogP contribution in [-0.2, 0) is 24.1 Å². The summed E-state index contributed by atoms with van der Waals surface area (Å²) < 4.78 is 5.24. The molecule has 132 valence electrons. The number of aromatic nitrogens is 2. The standard InChI is InChI=1S/C20H18ClN3O2/c21-16-7-4-14(5-8-16)20-23-19(26-24-20)11-10-18(25)22-17-9-6-13-2-1-3-15(13)12-17/h4-9,12H,1-3,10-11H2,(H,22,25). The van der Waals surface area contributed by atoms with Gasteiger partial charge in [-0.25, -0.2) is 0 Å². The minimum absolute atomic E-state index is 0.0609. The van der Waals surface area contributed by atoms with E-state index in [1.54, 1.807) is 12.1 Å². The number of benzene rings is 2. The van der Waals surface area contributed by atoms with Gasteiger partial charge in [-0.2, -0.15) is 4.98 Å². The van der Waals surface area contributed by atoms with Crippen molar-refractivity contribution in [1.82, 2.24) is 10.1 Å². The molecule has 0 atom stereocenters. The van der Waals surface area contributed by atoms with E-state index in [0.29, 0.717) is 29.6 Å². The Hall–Kier alpha value is -2.66. The van der Waals surface area contributed by atoms with Crippen molar-refractivity contribution in [2.75, 3.05) is 5.32 Å². The molecule has 0 saturated carbocycles. The van der Waals surface area contributed by atoms with Gasteiger partial charge in [0.15, 0.2) is 0 Å². The Morgan fingerprint density at radius 1 is 1.12 bits per heavy atom. The highest BCUT2D eigenvalue weighted by Gasteiger charge is 2.13. The minimum Gasteiger partial charge on any atom is -0.339 e. The number of amides is 1. The average Bonchev–Trinajstić information content (AvgIpc) is 3.29. The number of hydrogen-bond donors (Lipinski definition) is 1. The van der Waals surface area contributed by atoms with E-state index in [9.17, 15) is 4.79 Å². The molecule has 0 aliphatic heterocycles. The Morgan fingerprint density at radius 2 is 1.92 bits per heavy atom. The van der Waals surface area contributed by atoms with Gasteiger partial charge >= 0.3 is 0 Å². The van der Waals surface area contributed by atoms with Gasteiger partial charge in [-0.05, 0) is 66.8 Å². The summed E-state index contributed by atoms with van der Waals surface area (Å²) in [4.78, 5) is 16.5. The molecule has 0 radical (unpaired) electrons. The molecule has 5 nitrogen and oxygen atoms in total. The third-order valence-corrected chi connectivity index (χ3v) is 4.77. The largest absolute Gasteiger partial charge is 0.339 e. The normalized spacial score (nSPS) is 12.8. The number of fused-ring (bicyclic) bond motifs is 1. The molecule has 6 heteroatoms. The molecule has 4 rings (SSSR count). The predicted molar refractivity (Wildman–Crippen MR) is 100 cm³/mol. The van der Waals surface area contributed by atoms with Crippen molar-refractivity contribution >= 4 is 23.2 Å². The molecule has 1 aromatic heterocycles. The van der Waals surface area contributed by atoms with E-state index in [4.69, 9.17) is 16.1 Å². The molecule has 0 bridgehead atoms. The van der Waals surface area contributed by atoms with Gasteiger partial charge in [-0.15, -0.1) is 0 Å². The summed E-state index contributed by atoms with van der Waals surface area (Å²) in [6.07, 6.45) is 4.11. The molecule has 26 heavy (non-hydrogen) atoms. The molecule has 0 unspecified atom stereocenters. The lowest BCUT2D eigenvalue weighted by atomic mass is 10.1. The van der Waals surface area contributed by atoms with Gasteiger partial charge in [0.25, 0.3) is 0 Å². The highest BCUT2D eigenvalue weighted by molar-refractivity contribution is 6.30. The lowest BCUT2D eigenvalue weighted by Gasteiger charge is -2.06. The Kier molecular flexibility index (Phi) is 4.71. The van der Waals surface area contributed by atoms with Gasteiger partial charge in [0.1, 0.15) is 0 Å². The summed E-state index contributed by atoms with van der Waals surface area (Å²) in [5, 5.41) is 7.55. The zero-order valence-electron chi connectivity index (χ0n) is 14.2. The maximum Gasteiger partial charge on any atom is 0.227 e. The van der Waals surface area contributed by atoms with Crippen molar-refractivity contribution in [2.24, 2.45) is 0 Å². The third-order valence-electron chi connectivity index (χ3n) is 4.52. The predicted octanol–water partition coefficient (Wildman–Crippen LogP) is 4.45. The maximum atomic E-state index is 12.2. The van der Waals surface area contributed by atoms with Crippen LogP contribution in [0, 0.1) is 0 Å². The second-order valence-electron chi connectivity index (χ2n) is 6.40. The molecule has 0 saturated heterocycles. The summed E-state index contributed by atoms with van der Waals surface area (Å²) in [5.74, 6) is 0.879. The summed E-state index contributed by atoms with van der Waals surface area (Å²) >= 11 is 5.88. The van der Waals surface area contributed by atoms with Crippen LogP contribution in [0.15, 0.2) is 47.0 Å². The minimum atomic E-state index is -0.0609. The summed E-state index contributed by atoms with van der Waals surface area (Å²) in [7, 11) is 0. The first-order valence-corrected chi connectivity index (χ1v) is 9.05. The summed E-state index contributed by atoms with van der Waals surface area (Å²) in [6, 6.07) is 13.4. The van der Waals surface area contributed by atoms with E-state index in [1.807, 2.05) is 18.2 Å². The van der Waals surface area contributed by atoms with E-state index < -0.39 is 0 Å². The topological polar surface area (TPSA) is 68.0 Å². The van der Waals surface area contributed by atoms with Gasteiger partial charge in [-0.1, -0.05) is 22.8 Å². The fourth-order valence-electron chi connectivity index (χ4n) is 3.17. The van der Waals surface area contributed by atoms with Crippen LogP contribution >= 0.6 is 11.6 Å². The van der Waals surface area contributed by atoms with Gasteiger partial charge in [0, 0.05) is 29.1 Å². The molecule has 3 aromatic rings. The van der Waals surface area contributed by atoms with Crippen molar-refractivity contribution < 1.29 is 9.32 Å². The van der Waals surface area contributed by atoms with Gasteiger partial charge in [-0.3, -0.25) is 4.79 Å². The number of nitrogens with zero attached hydrogens (tertiary/aromatic N) is 2. The van der Waals surface area contributed by atoms with Crippen LogP contribution in [0.1, 0.15) is 29.9 Å². The molecule has 1 aliphatic carbocycles. The van der Waals surface area contributed by atoms with Crippen LogP contribution in [0.2, 0.25) is 5.02 Å². The van der Waals surface area contributed by atoms with Gasteiger partial charge in [0.2, 0.25) is 17.6 Å². The van der Waals surface area contributed by atoms with E-state index >= 15 is 0 Å². The number of rotatable bonds is 5. The number of nitrogens with one attached hydrogen (secondary N) is 1. The highest BCUT2D eigenvalue weighted by atomic mass is 35.5. The molecular formula is C20H18ClN3O2. The molecule has 0 fully saturated rings. The Labute approximate surface area is 156 Å². The second kappa shape index (κ2) is 7.30. The van der Waals surface area contributed by atoms with Crippen LogP contribution in [0.4, 0.5) is 5.69 Å². The lowest BCUT2D eigenvalue weighted by molar-refractivity contribution is -0.116. The van der Waals surface area contributed by atoms with Crippen molar-refractivity contribution in [3.8, 4) is 11.4 Å². The number of halogens is 1. The number of anilines is 1. The zero-order chi connectivity index (χ0) is 17.9. The Bertz CT molecular complexity index is 934. The molecule has 1 amide bonds. The smallest absolute Gasteiger partial charge is 0.227 e. The third kappa shape index (κ3) is 3.78. The first kappa shape index (κ1) is 16.8. The van der Waals surface area contributed by atoms with E-state index in [1.165, 1.54) is 17.5 Å². The fraction of sp³-hybridized carbons (Fsp3) is 0.250. The molecule has 1 aliphatic rings.